The number of rotatable bonds is 5. The summed E-state index contributed by atoms with van der Waals surface area (Å²) in [6.45, 7) is 4.87. The summed E-state index contributed by atoms with van der Waals surface area (Å²) in [6.07, 6.45) is 1.54. The zero-order chi connectivity index (χ0) is 17.8. The molecular weight excluding hydrogens is 358 g/mol. The second-order valence-corrected chi connectivity index (χ2v) is 6.92. The van der Waals surface area contributed by atoms with Crippen molar-refractivity contribution in [3.63, 3.8) is 0 Å². The molecule has 1 aromatic heterocycles. The zero-order valence-electron chi connectivity index (χ0n) is 15.3. The molecule has 0 unspecified atom stereocenters. The van der Waals surface area contributed by atoms with Crippen LogP contribution in [0.1, 0.15) is 30.3 Å². The molecule has 26 heavy (non-hydrogen) atoms. The maximum absolute atomic E-state index is 12.6. The molecule has 2 N–H and O–H groups in total. The SMILES string of the molecule is CNC(=O)CN1C[C@H](NC(=O)C2CCOCC2)[C@@H](c2ccc(C)o2)C1.Cl. The lowest BCUT2D eigenvalue weighted by Gasteiger charge is -2.25. The quantitative estimate of drug-likeness (QED) is 0.792. The number of furan rings is 1. The molecule has 2 aliphatic rings. The first-order valence-corrected chi connectivity index (χ1v) is 8.94. The second kappa shape index (κ2) is 9.39. The lowest BCUT2D eigenvalue weighted by Crippen LogP contribution is -2.44. The van der Waals surface area contributed by atoms with Gasteiger partial charge in [-0.25, -0.2) is 0 Å². The van der Waals surface area contributed by atoms with Crippen LogP contribution in [0.2, 0.25) is 0 Å². The maximum atomic E-state index is 12.6. The summed E-state index contributed by atoms with van der Waals surface area (Å²) in [6, 6.07) is 3.86. The first-order chi connectivity index (χ1) is 12.1. The number of halogens is 1. The van der Waals surface area contributed by atoms with Crippen molar-refractivity contribution in [2.75, 3.05) is 39.9 Å². The number of likely N-dealkylation sites (N-methyl/N-ethyl adjacent to an activating group) is 1. The van der Waals surface area contributed by atoms with E-state index >= 15 is 0 Å². The van der Waals surface area contributed by atoms with E-state index < -0.39 is 0 Å². The molecule has 2 aliphatic heterocycles. The summed E-state index contributed by atoms with van der Waals surface area (Å²) in [5.74, 6) is 1.86. The Hall–Kier alpha value is -1.57. The van der Waals surface area contributed by atoms with E-state index in [1.165, 1.54) is 0 Å². The average Bonchev–Trinajstić information content (AvgIpc) is 3.21. The molecule has 1 aromatic rings. The summed E-state index contributed by atoms with van der Waals surface area (Å²) in [5.41, 5.74) is 0. The summed E-state index contributed by atoms with van der Waals surface area (Å²) < 4.78 is 11.1. The number of aryl methyl sites for hydroxylation is 1. The van der Waals surface area contributed by atoms with E-state index in [9.17, 15) is 9.59 Å². The fraction of sp³-hybridized carbons (Fsp3) is 0.667. The molecule has 2 fully saturated rings. The van der Waals surface area contributed by atoms with Crippen molar-refractivity contribution in [1.82, 2.24) is 15.5 Å². The summed E-state index contributed by atoms with van der Waals surface area (Å²) in [7, 11) is 1.64. The van der Waals surface area contributed by atoms with Crippen molar-refractivity contribution >= 4 is 24.2 Å². The minimum absolute atomic E-state index is 0. The number of carbonyl (C=O) groups excluding carboxylic acids is 2. The third-order valence-electron chi connectivity index (χ3n) is 5.09. The molecule has 0 radical (unpaired) electrons. The van der Waals surface area contributed by atoms with E-state index in [4.69, 9.17) is 9.15 Å². The van der Waals surface area contributed by atoms with Crippen LogP contribution in [0.3, 0.4) is 0 Å². The van der Waals surface area contributed by atoms with Crippen LogP contribution in [0, 0.1) is 12.8 Å². The van der Waals surface area contributed by atoms with Crippen molar-refractivity contribution in [2.24, 2.45) is 5.92 Å². The first-order valence-electron chi connectivity index (χ1n) is 8.94. The van der Waals surface area contributed by atoms with Crippen molar-refractivity contribution < 1.29 is 18.7 Å². The Morgan fingerprint density at radius 1 is 1.23 bits per heavy atom. The number of carbonyl (C=O) groups is 2. The molecule has 0 spiro atoms. The highest BCUT2D eigenvalue weighted by Gasteiger charge is 2.38. The van der Waals surface area contributed by atoms with Gasteiger partial charge >= 0.3 is 0 Å². The van der Waals surface area contributed by atoms with Crippen LogP contribution in [0.4, 0.5) is 0 Å². The van der Waals surface area contributed by atoms with Crippen molar-refractivity contribution in [3.8, 4) is 0 Å². The van der Waals surface area contributed by atoms with Crippen LogP contribution < -0.4 is 10.6 Å². The van der Waals surface area contributed by atoms with Crippen molar-refractivity contribution in [3.05, 3.63) is 23.7 Å². The number of hydrogen-bond acceptors (Lipinski definition) is 5. The fourth-order valence-corrected chi connectivity index (χ4v) is 3.64. The predicted molar refractivity (Wildman–Crippen MR) is 99.4 cm³/mol. The lowest BCUT2D eigenvalue weighted by molar-refractivity contribution is -0.128. The van der Waals surface area contributed by atoms with Gasteiger partial charge in [0.15, 0.2) is 0 Å². The van der Waals surface area contributed by atoms with Gasteiger partial charge in [0.25, 0.3) is 0 Å². The fourth-order valence-electron chi connectivity index (χ4n) is 3.64. The lowest BCUT2D eigenvalue weighted by atomic mass is 9.96. The van der Waals surface area contributed by atoms with Gasteiger partial charge in [0.05, 0.1) is 18.5 Å². The molecule has 3 heterocycles. The Kier molecular flexibility index (Phi) is 7.49. The monoisotopic (exact) mass is 385 g/mol. The van der Waals surface area contributed by atoms with Gasteiger partial charge in [-0.1, -0.05) is 0 Å². The molecule has 0 aromatic carbocycles. The molecule has 2 saturated heterocycles. The number of hydrogen-bond donors (Lipinski definition) is 2. The van der Waals surface area contributed by atoms with Crippen LogP contribution in [0.25, 0.3) is 0 Å². The molecule has 0 saturated carbocycles. The highest BCUT2D eigenvalue weighted by molar-refractivity contribution is 5.85. The van der Waals surface area contributed by atoms with Gasteiger partial charge in [-0.3, -0.25) is 14.5 Å². The van der Waals surface area contributed by atoms with Gasteiger partial charge in [0.2, 0.25) is 11.8 Å². The summed E-state index contributed by atoms with van der Waals surface area (Å²) in [4.78, 5) is 26.4. The Morgan fingerprint density at radius 2 is 1.96 bits per heavy atom. The largest absolute Gasteiger partial charge is 0.466 e. The van der Waals surface area contributed by atoms with Crippen LogP contribution >= 0.6 is 12.4 Å². The first kappa shape index (κ1) is 20.7. The second-order valence-electron chi connectivity index (χ2n) is 6.92. The van der Waals surface area contributed by atoms with Crippen LogP contribution in [0.15, 0.2) is 16.5 Å². The Balaban J connectivity index is 0.00000243. The highest BCUT2D eigenvalue weighted by atomic mass is 35.5. The topological polar surface area (TPSA) is 83.8 Å². The predicted octanol–water partition coefficient (Wildman–Crippen LogP) is 1.07. The number of nitrogens with one attached hydrogen (secondary N) is 2. The number of amides is 2. The Morgan fingerprint density at radius 3 is 2.58 bits per heavy atom. The smallest absolute Gasteiger partial charge is 0.233 e. The molecule has 146 valence electrons. The minimum Gasteiger partial charge on any atom is -0.466 e. The molecule has 8 heteroatoms. The summed E-state index contributed by atoms with van der Waals surface area (Å²) >= 11 is 0. The van der Waals surface area contributed by atoms with E-state index in [2.05, 4.69) is 15.5 Å². The highest BCUT2D eigenvalue weighted by Crippen LogP contribution is 2.29. The van der Waals surface area contributed by atoms with Crippen molar-refractivity contribution in [2.45, 2.75) is 31.7 Å². The third-order valence-corrected chi connectivity index (χ3v) is 5.09. The Bertz CT molecular complexity index is 615. The number of likely N-dealkylation sites (tertiary alicyclic amines) is 1. The maximum Gasteiger partial charge on any atom is 0.233 e. The molecule has 0 bridgehead atoms. The van der Waals surface area contributed by atoms with Gasteiger partial charge in [-0.15, -0.1) is 12.4 Å². The number of ether oxygens (including phenoxy) is 1. The number of nitrogens with zero attached hydrogens (tertiary/aromatic N) is 1. The average molecular weight is 386 g/mol. The van der Waals surface area contributed by atoms with Crippen LogP contribution in [-0.2, 0) is 14.3 Å². The van der Waals surface area contributed by atoms with E-state index in [0.717, 1.165) is 24.4 Å². The van der Waals surface area contributed by atoms with E-state index in [1.54, 1.807) is 7.05 Å². The van der Waals surface area contributed by atoms with Crippen LogP contribution in [-0.4, -0.2) is 62.7 Å². The normalized spacial score (nSPS) is 24.1. The van der Waals surface area contributed by atoms with Gasteiger partial charge < -0.3 is 19.8 Å². The van der Waals surface area contributed by atoms with Crippen molar-refractivity contribution in [1.29, 1.82) is 0 Å². The molecule has 2 amide bonds. The van der Waals surface area contributed by atoms with Gasteiger partial charge in [0.1, 0.15) is 11.5 Å². The van der Waals surface area contributed by atoms with Gasteiger partial charge in [-0.2, -0.15) is 0 Å². The molecule has 7 nitrogen and oxygen atoms in total. The minimum atomic E-state index is -0.0504. The third kappa shape index (κ3) is 4.99. The van der Waals surface area contributed by atoms with E-state index in [1.807, 2.05) is 19.1 Å². The van der Waals surface area contributed by atoms with Gasteiger partial charge in [-0.05, 0) is 31.9 Å². The molecule has 0 aliphatic carbocycles. The standard InChI is InChI=1S/C18H27N3O4.ClH/c1-12-3-4-16(25-12)14-9-21(11-17(22)19-2)10-15(14)20-18(23)13-5-7-24-8-6-13;/h3-4,13-15H,5-11H2,1-2H3,(H,19,22)(H,20,23);1H/t14-,15-;/m0./s1. The van der Waals surface area contributed by atoms with Gasteiger partial charge in [0, 0.05) is 39.3 Å². The Labute approximate surface area is 160 Å². The van der Waals surface area contributed by atoms with E-state index in [-0.39, 0.29) is 42.1 Å². The van der Waals surface area contributed by atoms with E-state index in [0.29, 0.717) is 32.8 Å². The molecule has 2 atom stereocenters. The van der Waals surface area contributed by atoms with Crippen LogP contribution in [0.5, 0.6) is 0 Å². The zero-order valence-corrected chi connectivity index (χ0v) is 16.1. The molecule has 3 rings (SSSR count). The molecular formula is C18H28ClN3O4. The summed E-state index contributed by atoms with van der Waals surface area (Å²) in [5, 5.41) is 5.85.